The second-order valence-corrected chi connectivity index (χ2v) is 14.2. The predicted octanol–water partition coefficient (Wildman–Crippen LogP) is 5.92. The van der Waals surface area contributed by atoms with E-state index in [0.29, 0.717) is 16.7 Å². The van der Waals surface area contributed by atoms with Crippen molar-refractivity contribution >= 4 is 19.2 Å². The maximum atomic E-state index is 13.7. The average Bonchev–Trinajstić information content (AvgIpc) is 3.04. The van der Waals surface area contributed by atoms with E-state index in [9.17, 15) is 35.5 Å². The number of ether oxygens (including phenoxy) is 2. The van der Waals surface area contributed by atoms with E-state index in [1.807, 2.05) is 0 Å². The van der Waals surface area contributed by atoms with E-state index in [-0.39, 0.29) is 12.2 Å². The van der Waals surface area contributed by atoms with E-state index in [1.54, 1.807) is 0 Å². The Morgan fingerprint density at radius 1 is 1.14 bits per heavy atom. The van der Waals surface area contributed by atoms with Crippen LogP contribution >= 0.6 is 0 Å². The van der Waals surface area contributed by atoms with Crippen LogP contribution in [0.15, 0.2) is 27.5 Å². The fraction of sp³-hybridized carbons (Fsp3) is 0.450. The van der Waals surface area contributed by atoms with E-state index in [4.69, 9.17) is 9.15 Å². The summed E-state index contributed by atoms with van der Waals surface area (Å²) in [5.41, 5.74) is -4.50. The lowest BCUT2D eigenvalue weighted by molar-refractivity contribution is -0.136. The Bertz CT molecular complexity index is 1250. The highest BCUT2D eigenvalue weighted by molar-refractivity contribution is 6.76. The summed E-state index contributed by atoms with van der Waals surface area (Å²) in [6.45, 7) is 2.39. The van der Waals surface area contributed by atoms with Crippen LogP contribution in [0.2, 0.25) is 25.7 Å². The fourth-order valence-corrected chi connectivity index (χ4v) is 3.85. The first-order valence-electron chi connectivity index (χ1n) is 10.1. The number of hydrogen-bond donors (Lipinski definition) is 0. The molecule has 192 valence electrons. The zero-order chi connectivity index (χ0) is 26.1. The number of alkyl halides is 7. The van der Waals surface area contributed by atoms with Crippen molar-refractivity contribution in [3.8, 4) is 17.1 Å². The lowest BCUT2D eigenvalue weighted by Gasteiger charge is -2.16. The van der Waals surface area contributed by atoms with Gasteiger partial charge in [-0.05, 0) is 18.2 Å². The third-order valence-electron chi connectivity index (χ3n) is 4.78. The summed E-state index contributed by atoms with van der Waals surface area (Å²) in [6, 6.07) is 2.17. The molecule has 2 heterocycles. The van der Waals surface area contributed by atoms with Crippen molar-refractivity contribution in [2.75, 3.05) is 6.61 Å². The van der Waals surface area contributed by atoms with Crippen molar-refractivity contribution in [1.82, 2.24) is 14.5 Å². The summed E-state index contributed by atoms with van der Waals surface area (Å²) in [7, 11) is -1.52. The molecule has 0 aliphatic heterocycles. The van der Waals surface area contributed by atoms with E-state index in [1.165, 1.54) is 0 Å². The molecule has 0 spiro atoms. The Hall–Kier alpha value is -2.94. The summed E-state index contributed by atoms with van der Waals surface area (Å²) in [6.07, 6.45) is -7.55. The largest absolute Gasteiger partial charge is 0.421 e. The van der Waals surface area contributed by atoms with Crippen LogP contribution in [-0.2, 0) is 17.6 Å². The van der Waals surface area contributed by atoms with Gasteiger partial charge in [0.2, 0.25) is 5.88 Å². The molecule has 0 radical (unpaired) electrons. The normalized spacial score (nSPS) is 12.8. The number of oxazole rings is 1. The Morgan fingerprint density at radius 3 is 2.40 bits per heavy atom. The highest BCUT2D eigenvalue weighted by Gasteiger charge is 2.36. The van der Waals surface area contributed by atoms with Crippen LogP contribution in [0.1, 0.15) is 17.7 Å². The lowest BCUT2D eigenvalue weighted by atomic mass is 10.1. The monoisotopic (exact) mass is 527 g/mol. The molecule has 0 N–H and O–H groups in total. The van der Waals surface area contributed by atoms with Crippen molar-refractivity contribution in [2.45, 2.75) is 51.6 Å². The maximum Gasteiger partial charge on any atom is 0.421 e. The topological polar surface area (TPSA) is 79.4 Å². The van der Waals surface area contributed by atoms with Gasteiger partial charge in [0, 0.05) is 20.2 Å². The van der Waals surface area contributed by atoms with Gasteiger partial charge in [0.25, 0.3) is 6.43 Å². The van der Waals surface area contributed by atoms with Gasteiger partial charge in [-0.2, -0.15) is 22.0 Å². The maximum absolute atomic E-state index is 13.7. The van der Waals surface area contributed by atoms with Gasteiger partial charge >= 0.3 is 18.5 Å². The second kappa shape index (κ2) is 9.97. The van der Waals surface area contributed by atoms with E-state index in [2.05, 4.69) is 34.3 Å². The zero-order valence-corrected chi connectivity index (χ0v) is 19.6. The third kappa shape index (κ3) is 6.20. The van der Waals surface area contributed by atoms with Crippen LogP contribution < -0.4 is 10.5 Å². The first kappa shape index (κ1) is 26.7. The van der Waals surface area contributed by atoms with Crippen molar-refractivity contribution < 1.29 is 44.6 Å². The van der Waals surface area contributed by atoms with Gasteiger partial charge in [0.05, 0.1) is 17.5 Å². The van der Waals surface area contributed by atoms with E-state index >= 15 is 0 Å². The summed E-state index contributed by atoms with van der Waals surface area (Å²) in [5, 5.41) is 0. The SMILES string of the molecule is C[Si](C)(C)CCOCn1c(=O)oc2c(-c3cnc(OC(F)F)c(C(F)F)n3)ccc(C(F)(F)F)c21. The van der Waals surface area contributed by atoms with Crippen LogP contribution in [0.3, 0.4) is 0 Å². The minimum Gasteiger partial charge on any atom is -0.415 e. The summed E-state index contributed by atoms with van der Waals surface area (Å²) in [4.78, 5) is 19.4. The van der Waals surface area contributed by atoms with Crippen LogP contribution in [-0.4, -0.2) is 35.8 Å². The molecule has 0 aliphatic rings. The number of benzene rings is 1. The molecule has 0 saturated carbocycles. The highest BCUT2D eigenvalue weighted by Crippen LogP contribution is 2.39. The predicted molar refractivity (Wildman–Crippen MR) is 112 cm³/mol. The molecular weight excluding hydrogens is 507 g/mol. The molecule has 2 aromatic heterocycles. The summed E-state index contributed by atoms with van der Waals surface area (Å²) >= 11 is 0. The van der Waals surface area contributed by atoms with Crippen molar-refractivity contribution in [3.05, 3.63) is 40.1 Å². The van der Waals surface area contributed by atoms with Gasteiger partial charge in [-0.25, -0.2) is 28.1 Å². The molecule has 0 aliphatic carbocycles. The van der Waals surface area contributed by atoms with Crippen LogP contribution in [0.5, 0.6) is 5.88 Å². The third-order valence-corrected chi connectivity index (χ3v) is 6.48. The molecule has 0 saturated heterocycles. The van der Waals surface area contributed by atoms with Crippen LogP contribution in [0.4, 0.5) is 30.7 Å². The van der Waals surface area contributed by atoms with Gasteiger partial charge in [-0.3, -0.25) is 0 Å². The number of halogens is 7. The second-order valence-electron chi connectivity index (χ2n) is 8.61. The molecule has 1 aromatic carbocycles. The first-order valence-corrected chi connectivity index (χ1v) is 13.8. The lowest BCUT2D eigenvalue weighted by Crippen LogP contribution is -2.23. The molecule has 7 nitrogen and oxygen atoms in total. The molecule has 0 bridgehead atoms. The zero-order valence-electron chi connectivity index (χ0n) is 18.6. The standard InChI is InChI=1S/C20H20F7N3O4Si/c1-35(2,3)7-6-32-9-30-14-11(20(25,26)27)5-4-10(15(14)33-19(30)31)12-8-28-17(34-18(23)24)13(29-12)16(21)22/h4-5,8,16,18H,6-7,9H2,1-3H3. The van der Waals surface area contributed by atoms with Gasteiger partial charge in [0.15, 0.2) is 11.3 Å². The number of fused-ring (bicyclic) bond motifs is 1. The first-order chi connectivity index (χ1) is 16.2. The number of nitrogens with zero attached hydrogens (tertiary/aromatic N) is 3. The summed E-state index contributed by atoms with van der Waals surface area (Å²) < 4.78 is 108. The molecule has 35 heavy (non-hydrogen) atoms. The number of aromatic nitrogens is 3. The molecule has 0 amide bonds. The molecule has 0 fully saturated rings. The smallest absolute Gasteiger partial charge is 0.415 e. The molecule has 0 unspecified atom stereocenters. The fourth-order valence-electron chi connectivity index (χ4n) is 3.10. The molecule has 15 heteroatoms. The van der Waals surface area contributed by atoms with Gasteiger partial charge in [-0.15, -0.1) is 0 Å². The Morgan fingerprint density at radius 2 is 1.83 bits per heavy atom. The van der Waals surface area contributed by atoms with Gasteiger partial charge in [0.1, 0.15) is 12.2 Å². The minimum absolute atomic E-state index is 0.199. The molecular formula is C20H20F7N3O4Si. The average molecular weight is 527 g/mol. The molecule has 3 aromatic rings. The number of hydrogen-bond acceptors (Lipinski definition) is 6. The number of rotatable bonds is 9. The minimum atomic E-state index is -4.90. The van der Waals surface area contributed by atoms with E-state index in [0.717, 1.165) is 12.3 Å². The van der Waals surface area contributed by atoms with Crippen molar-refractivity contribution in [2.24, 2.45) is 0 Å². The molecule has 0 atom stereocenters. The van der Waals surface area contributed by atoms with Gasteiger partial charge in [-0.1, -0.05) is 19.6 Å². The van der Waals surface area contributed by atoms with Crippen molar-refractivity contribution in [1.29, 1.82) is 0 Å². The van der Waals surface area contributed by atoms with Crippen LogP contribution in [0.25, 0.3) is 22.4 Å². The Labute approximate surface area is 194 Å². The van der Waals surface area contributed by atoms with Crippen LogP contribution in [0, 0.1) is 0 Å². The summed E-state index contributed by atoms with van der Waals surface area (Å²) in [5.74, 6) is -2.32. The van der Waals surface area contributed by atoms with Crippen molar-refractivity contribution in [3.63, 3.8) is 0 Å². The quantitative estimate of drug-likeness (QED) is 0.195. The highest BCUT2D eigenvalue weighted by atomic mass is 28.3. The van der Waals surface area contributed by atoms with Gasteiger partial charge < -0.3 is 13.9 Å². The van der Waals surface area contributed by atoms with E-state index < -0.39 is 73.7 Å². The Balaban J connectivity index is 2.14. The molecule has 3 rings (SSSR count). The Kier molecular flexibility index (Phi) is 7.59.